The summed E-state index contributed by atoms with van der Waals surface area (Å²) in [6.45, 7) is 2.27. The molecule has 16 rings (SSSR count). The fourth-order valence-electron chi connectivity index (χ4n) is 12.7. The Hall–Kier alpha value is -7.54. The Morgan fingerprint density at radius 2 is 0.576 bits per heavy atom. The molecule has 0 unspecified atom stereocenters. The molecular weight excluding hydrogens is 709 g/mol. The second kappa shape index (κ2) is 9.76. The van der Waals surface area contributed by atoms with Crippen molar-refractivity contribution in [1.29, 1.82) is 0 Å². The summed E-state index contributed by atoms with van der Waals surface area (Å²) in [4.78, 5) is 0. The largest absolute Gasteiger partial charge is 0.0620 e. The van der Waals surface area contributed by atoms with Crippen molar-refractivity contribution in [2.75, 3.05) is 0 Å². The quantitative estimate of drug-likeness (QED) is 0.116. The van der Waals surface area contributed by atoms with Gasteiger partial charge in [0.1, 0.15) is 0 Å². The van der Waals surface area contributed by atoms with Crippen molar-refractivity contribution in [2.45, 2.75) is 6.92 Å². The molecule has 0 N–H and O–H groups in total. The van der Waals surface area contributed by atoms with Crippen molar-refractivity contribution in [2.24, 2.45) is 0 Å². The summed E-state index contributed by atoms with van der Waals surface area (Å²) in [6.07, 6.45) is 0. The van der Waals surface area contributed by atoms with Crippen LogP contribution >= 0.6 is 0 Å². The molecule has 0 bridgehead atoms. The number of benzene rings is 12. The van der Waals surface area contributed by atoms with Crippen LogP contribution in [0.4, 0.5) is 0 Å². The third kappa shape index (κ3) is 3.20. The van der Waals surface area contributed by atoms with Gasteiger partial charge in [-0.2, -0.15) is 0 Å². The van der Waals surface area contributed by atoms with E-state index in [9.17, 15) is 0 Å². The van der Waals surface area contributed by atoms with E-state index in [1.54, 1.807) is 0 Å². The molecular formula is C59H30. The van der Waals surface area contributed by atoms with Gasteiger partial charge in [-0.05, 0) is 187 Å². The van der Waals surface area contributed by atoms with Gasteiger partial charge in [0.2, 0.25) is 0 Å². The number of hydrogen-bond donors (Lipinski definition) is 0. The van der Waals surface area contributed by atoms with Gasteiger partial charge in [0.05, 0.1) is 0 Å². The van der Waals surface area contributed by atoms with Gasteiger partial charge in [-0.25, -0.2) is 0 Å². The van der Waals surface area contributed by atoms with E-state index < -0.39 is 0 Å². The third-order valence-corrected chi connectivity index (χ3v) is 14.9. The van der Waals surface area contributed by atoms with Gasteiger partial charge >= 0.3 is 0 Å². The van der Waals surface area contributed by atoms with Crippen molar-refractivity contribution >= 4 is 151 Å². The first-order chi connectivity index (χ1) is 29.2. The Morgan fingerprint density at radius 1 is 0.220 bits per heavy atom. The second-order valence-corrected chi connectivity index (χ2v) is 17.4. The van der Waals surface area contributed by atoms with Crippen LogP contribution in [0.1, 0.15) is 5.56 Å². The molecule has 16 aromatic rings. The minimum absolute atomic E-state index is 1.31. The normalized spacial score (nSPS) is 13.2. The van der Waals surface area contributed by atoms with Crippen LogP contribution in [-0.2, 0) is 0 Å². The standard InChI is InChI=1S/C59H30/c1-29-9-2-3-12-31(29)51-43-18-8-17-33-32-13-4-5-14-34(32)57(55(33)43)59-45-26-24-40-38-20-22-42-49-28-47-36-16-7-11-30-10-6-15-35(50(30)36)46(47)27-48(49)41-21-19-37(52(38)54(41)42)39-23-25-44(58(51)59)56(45)53(39)40/h2-28H,1H3. The zero-order chi connectivity index (χ0) is 38.0. The number of aryl methyl sites for hydroxylation is 1. The van der Waals surface area contributed by atoms with Crippen molar-refractivity contribution in [3.05, 3.63) is 169 Å². The minimum atomic E-state index is 1.31. The van der Waals surface area contributed by atoms with Crippen molar-refractivity contribution < 1.29 is 0 Å². The zero-order valence-corrected chi connectivity index (χ0v) is 32.1. The molecule has 0 amide bonds. The lowest BCUT2D eigenvalue weighted by molar-refractivity contribution is 1.48. The summed E-state index contributed by atoms with van der Waals surface area (Å²) < 4.78 is 0. The highest BCUT2D eigenvalue weighted by Gasteiger charge is 2.28. The van der Waals surface area contributed by atoms with Gasteiger partial charge in [0.15, 0.2) is 0 Å². The topological polar surface area (TPSA) is 0 Å². The Kier molecular flexibility index (Phi) is 4.91. The van der Waals surface area contributed by atoms with Gasteiger partial charge in [0.25, 0.3) is 0 Å². The van der Waals surface area contributed by atoms with Crippen molar-refractivity contribution in [1.82, 2.24) is 0 Å². The maximum Gasteiger partial charge on any atom is -0.000696 e. The molecule has 0 saturated carbocycles. The third-order valence-electron chi connectivity index (χ3n) is 14.9. The lowest BCUT2D eigenvalue weighted by Gasteiger charge is -2.15. The molecule has 0 aliphatic heterocycles. The fourth-order valence-corrected chi connectivity index (χ4v) is 12.7. The van der Waals surface area contributed by atoms with E-state index in [0.29, 0.717) is 0 Å². The summed E-state index contributed by atoms with van der Waals surface area (Å²) in [5.41, 5.74) is 3.99. The summed E-state index contributed by atoms with van der Waals surface area (Å²) in [5, 5.41) is 38.2. The lowest BCUT2D eigenvalue weighted by Crippen LogP contribution is -1.88. The van der Waals surface area contributed by atoms with Crippen LogP contribution in [0.15, 0.2) is 164 Å². The fraction of sp³-hybridized carbons (Fsp3) is 0.0169. The van der Waals surface area contributed by atoms with E-state index in [4.69, 9.17) is 0 Å². The average Bonchev–Trinajstić information content (AvgIpc) is 4.00. The zero-order valence-electron chi connectivity index (χ0n) is 32.1. The van der Waals surface area contributed by atoms with Crippen LogP contribution in [0.25, 0.3) is 162 Å². The number of rotatable bonds is 1. The summed E-state index contributed by atoms with van der Waals surface area (Å²) in [5.74, 6) is 0. The molecule has 0 aliphatic rings. The molecule has 0 aliphatic carbocycles. The summed E-state index contributed by atoms with van der Waals surface area (Å²) in [6, 6.07) is 63.2. The second-order valence-electron chi connectivity index (χ2n) is 17.4. The first-order valence-electron chi connectivity index (χ1n) is 20.9. The SMILES string of the molecule is Cc1ccccc1-c1c2cccc3c4ccccc4c(c23)c2c3ccc4c5ccc6c7cc8c(cc7c7ccc(c9ccc(c12)c3c94)c5c76)c1cccc2cccc8c21. The molecule has 0 atom stereocenters. The Balaban J connectivity index is 1.10. The lowest BCUT2D eigenvalue weighted by atomic mass is 9.87. The molecule has 266 valence electrons. The van der Waals surface area contributed by atoms with E-state index in [0.717, 1.165) is 0 Å². The first kappa shape index (κ1) is 29.7. The summed E-state index contributed by atoms with van der Waals surface area (Å²) >= 11 is 0. The van der Waals surface area contributed by atoms with Gasteiger partial charge in [-0.1, -0.05) is 152 Å². The molecule has 0 nitrogen and oxygen atoms in total. The van der Waals surface area contributed by atoms with Crippen molar-refractivity contribution in [3.63, 3.8) is 0 Å². The first-order valence-corrected chi connectivity index (χ1v) is 20.9. The molecule has 0 fully saturated rings. The highest BCUT2D eigenvalue weighted by atomic mass is 14.3. The van der Waals surface area contributed by atoms with Crippen LogP contribution in [0.2, 0.25) is 0 Å². The maximum atomic E-state index is 2.50. The molecule has 0 saturated heterocycles. The summed E-state index contributed by atoms with van der Waals surface area (Å²) in [7, 11) is 0. The van der Waals surface area contributed by atoms with Crippen LogP contribution < -0.4 is 0 Å². The molecule has 0 aromatic heterocycles. The van der Waals surface area contributed by atoms with Crippen LogP contribution in [-0.4, -0.2) is 0 Å². The van der Waals surface area contributed by atoms with E-state index >= 15 is 0 Å². The van der Waals surface area contributed by atoms with Gasteiger partial charge in [0, 0.05) is 0 Å². The van der Waals surface area contributed by atoms with E-state index in [1.165, 1.54) is 168 Å². The van der Waals surface area contributed by atoms with Gasteiger partial charge in [-0.15, -0.1) is 0 Å². The average molecular weight is 739 g/mol. The highest BCUT2D eigenvalue weighted by Crippen LogP contribution is 2.56. The molecule has 0 radical (unpaired) electrons. The number of hydrogen-bond acceptors (Lipinski definition) is 0. The number of fused-ring (bicyclic) bond motifs is 15. The Bertz CT molecular complexity index is 4390. The molecule has 0 heteroatoms. The molecule has 0 heterocycles. The van der Waals surface area contributed by atoms with Crippen LogP contribution in [0.5, 0.6) is 0 Å². The van der Waals surface area contributed by atoms with E-state index in [-0.39, 0.29) is 0 Å². The van der Waals surface area contributed by atoms with Crippen molar-refractivity contribution in [3.8, 4) is 11.1 Å². The van der Waals surface area contributed by atoms with E-state index in [2.05, 4.69) is 171 Å². The Labute approximate surface area is 336 Å². The van der Waals surface area contributed by atoms with Crippen LogP contribution in [0, 0.1) is 6.92 Å². The maximum absolute atomic E-state index is 2.50. The van der Waals surface area contributed by atoms with Gasteiger partial charge < -0.3 is 0 Å². The molecule has 16 aromatic carbocycles. The molecule has 59 heavy (non-hydrogen) atoms. The van der Waals surface area contributed by atoms with Gasteiger partial charge in [-0.3, -0.25) is 0 Å². The van der Waals surface area contributed by atoms with Crippen LogP contribution in [0.3, 0.4) is 0 Å². The molecule has 0 spiro atoms. The predicted molar refractivity (Wildman–Crippen MR) is 258 cm³/mol. The smallest absolute Gasteiger partial charge is 0.000696 e. The van der Waals surface area contributed by atoms with E-state index in [1.807, 2.05) is 0 Å². The minimum Gasteiger partial charge on any atom is -0.0620 e. The Morgan fingerprint density at radius 3 is 1.17 bits per heavy atom. The monoisotopic (exact) mass is 738 g/mol. The predicted octanol–water partition coefficient (Wildman–Crippen LogP) is 17.0. The highest BCUT2D eigenvalue weighted by molar-refractivity contribution is 6.52.